The predicted molar refractivity (Wildman–Crippen MR) is 80.9 cm³/mol. The molecule has 0 radical (unpaired) electrons. The van der Waals surface area contributed by atoms with Crippen LogP contribution < -0.4 is 10.6 Å². The molecule has 21 heavy (non-hydrogen) atoms. The largest absolute Gasteiger partial charge is 0.375 e. The van der Waals surface area contributed by atoms with Crippen LogP contribution in [0.2, 0.25) is 0 Å². The molecule has 1 amide bonds. The van der Waals surface area contributed by atoms with Crippen LogP contribution in [0.1, 0.15) is 25.8 Å². The fraction of sp³-hybridized carbons (Fsp3) is 0.500. The van der Waals surface area contributed by atoms with Crippen LogP contribution in [-0.2, 0) is 14.9 Å². The van der Waals surface area contributed by atoms with Crippen LogP contribution in [0.3, 0.4) is 0 Å². The molecule has 2 rings (SSSR count). The van der Waals surface area contributed by atoms with E-state index in [2.05, 4.69) is 16.7 Å². The maximum absolute atomic E-state index is 11.9. The number of benzene rings is 1. The van der Waals surface area contributed by atoms with Crippen molar-refractivity contribution in [3.8, 4) is 6.07 Å². The predicted octanol–water partition coefficient (Wildman–Crippen LogP) is 1.80. The van der Waals surface area contributed by atoms with Crippen LogP contribution in [0.25, 0.3) is 0 Å². The van der Waals surface area contributed by atoms with Crippen molar-refractivity contribution in [1.29, 1.82) is 5.26 Å². The number of nitriles is 1. The van der Waals surface area contributed by atoms with Gasteiger partial charge in [0.15, 0.2) is 0 Å². The minimum absolute atomic E-state index is 0.0593. The summed E-state index contributed by atoms with van der Waals surface area (Å²) in [6, 6.07) is 9.66. The normalized spacial score (nSPS) is 18.8. The first-order chi connectivity index (χ1) is 10.0. The van der Waals surface area contributed by atoms with E-state index < -0.39 is 5.41 Å². The summed E-state index contributed by atoms with van der Waals surface area (Å²) in [5.41, 5.74) is 1.15. The molecule has 0 spiro atoms. The average Bonchev–Trinajstić information content (AvgIpc) is 2.48. The SMILES string of the molecule is CC(C)(C#N)c1ccc(NC(=O)CC2CNCCO2)cc1. The lowest BCUT2D eigenvalue weighted by atomic mass is 9.86. The van der Waals surface area contributed by atoms with E-state index in [9.17, 15) is 4.79 Å². The number of amides is 1. The summed E-state index contributed by atoms with van der Waals surface area (Å²) in [5.74, 6) is -0.0593. The first-order valence-corrected chi connectivity index (χ1v) is 7.15. The van der Waals surface area contributed by atoms with Gasteiger partial charge in [0.2, 0.25) is 5.91 Å². The van der Waals surface area contributed by atoms with Gasteiger partial charge in [-0.1, -0.05) is 12.1 Å². The number of nitrogens with one attached hydrogen (secondary N) is 2. The van der Waals surface area contributed by atoms with Crippen molar-refractivity contribution in [2.24, 2.45) is 0 Å². The highest BCUT2D eigenvalue weighted by atomic mass is 16.5. The second kappa shape index (κ2) is 6.70. The van der Waals surface area contributed by atoms with Gasteiger partial charge in [-0.05, 0) is 31.5 Å². The summed E-state index contributed by atoms with van der Waals surface area (Å²) in [6.45, 7) is 5.94. The molecule has 0 aliphatic carbocycles. The van der Waals surface area contributed by atoms with E-state index in [0.29, 0.717) is 19.6 Å². The van der Waals surface area contributed by atoms with Crippen molar-refractivity contribution in [2.45, 2.75) is 31.8 Å². The third kappa shape index (κ3) is 4.28. The Hall–Kier alpha value is -1.90. The van der Waals surface area contributed by atoms with Gasteiger partial charge in [-0.3, -0.25) is 4.79 Å². The Kier molecular flexibility index (Phi) is 4.94. The van der Waals surface area contributed by atoms with Gasteiger partial charge in [-0.15, -0.1) is 0 Å². The fourth-order valence-electron chi connectivity index (χ4n) is 2.20. The summed E-state index contributed by atoms with van der Waals surface area (Å²) >= 11 is 0. The van der Waals surface area contributed by atoms with Gasteiger partial charge in [0.1, 0.15) is 0 Å². The van der Waals surface area contributed by atoms with Crippen LogP contribution in [0.5, 0.6) is 0 Å². The number of ether oxygens (including phenoxy) is 1. The van der Waals surface area contributed by atoms with Crippen molar-refractivity contribution in [3.05, 3.63) is 29.8 Å². The number of morpholine rings is 1. The molecular formula is C16H21N3O2. The van der Waals surface area contributed by atoms with Gasteiger partial charge in [0, 0.05) is 18.8 Å². The van der Waals surface area contributed by atoms with Crippen molar-refractivity contribution in [3.63, 3.8) is 0 Å². The maximum Gasteiger partial charge on any atom is 0.227 e. The van der Waals surface area contributed by atoms with Crippen LogP contribution in [0.4, 0.5) is 5.69 Å². The number of nitrogens with zero attached hydrogens (tertiary/aromatic N) is 1. The molecule has 1 aliphatic rings. The molecule has 2 N–H and O–H groups in total. The Morgan fingerprint density at radius 3 is 2.76 bits per heavy atom. The second-order valence-electron chi connectivity index (χ2n) is 5.76. The zero-order valence-electron chi connectivity index (χ0n) is 12.5. The zero-order valence-corrected chi connectivity index (χ0v) is 12.5. The van der Waals surface area contributed by atoms with E-state index >= 15 is 0 Å². The van der Waals surface area contributed by atoms with E-state index in [1.807, 2.05) is 38.1 Å². The molecule has 1 heterocycles. The second-order valence-corrected chi connectivity index (χ2v) is 5.76. The van der Waals surface area contributed by atoms with E-state index in [0.717, 1.165) is 17.8 Å². The highest BCUT2D eigenvalue weighted by Crippen LogP contribution is 2.23. The van der Waals surface area contributed by atoms with Gasteiger partial charge < -0.3 is 15.4 Å². The molecule has 5 nitrogen and oxygen atoms in total. The molecular weight excluding hydrogens is 266 g/mol. The highest BCUT2D eigenvalue weighted by molar-refractivity contribution is 5.91. The molecule has 5 heteroatoms. The van der Waals surface area contributed by atoms with Crippen LogP contribution >= 0.6 is 0 Å². The monoisotopic (exact) mass is 287 g/mol. The number of hydrogen-bond acceptors (Lipinski definition) is 4. The fourth-order valence-corrected chi connectivity index (χ4v) is 2.20. The molecule has 1 atom stereocenters. The van der Waals surface area contributed by atoms with Crippen molar-refractivity contribution < 1.29 is 9.53 Å². The first kappa shape index (κ1) is 15.5. The van der Waals surface area contributed by atoms with Crippen molar-refractivity contribution >= 4 is 11.6 Å². The zero-order chi connectivity index (χ0) is 15.3. The Morgan fingerprint density at radius 2 is 2.19 bits per heavy atom. The molecule has 1 unspecified atom stereocenters. The van der Waals surface area contributed by atoms with Gasteiger partial charge in [0.05, 0.1) is 30.6 Å². The third-order valence-corrected chi connectivity index (χ3v) is 3.59. The van der Waals surface area contributed by atoms with Crippen LogP contribution in [0.15, 0.2) is 24.3 Å². The summed E-state index contributed by atoms with van der Waals surface area (Å²) in [6.07, 6.45) is 0.286. The standard InChI is InChI=1S/C16H21N3O2/c1-16(2,11-17)12-3-5-13(6-4-12)19-15(20)9-14-10-18-7-8-21-14/h3-6,14,18H,7-10H2,1-2H3,(H,19,20). The molecule has 0 bridgehead atoms. The summed E-state index contributed by atoms with van der Waals surface area (Å²) in [5, 5.41) is 15.2. The molecule has 1 aromatic rings. The topological polar surface area (TPSA) is 74.2 Å². The Balaban J connectivity index is 1.91. The number of anilines is 1. The van der Waals surface area contributed by atoms with Gasteiger partial charge in [-0.2, -0.15) is 5.26 Å². The maximum atomic E-state index is 11.9. The number of carbonyl (C=O) groups excluding carboxylic acids is 1. The van der Waals surface area contributed by atoms with Gasteiger partial charge in [-0.25, -0.2) is 0 Å². The number of carbonyl (C=O) groups is 1. The molecule has 1 fully saturated rings. The molecule has 112 valence electrons. The summed E-state index contributed by atoms with van der Waals surface area (Å²) < 4.78 is 5.51. The number of rotatable bonds is 4. The van der Waals surface area contributed by atoms with E-state index in [1.165, 1.54) is 0 Å². The van der Waals surface area contributed by atoms with Gasteiger partial charge in [0.25, 0.3) is 0 Å². The lowest BCUT2D eigenvalue weighted by molar-refractivity contribution is -0.119. The molecule has 1 saturated heterocycles. The Labute approximate surface area is 125 Å². The van der Waals surface area contributed by atoms with E-state index in [1.54, 1.807) is 0 Å². The first-order valence-electron chi connectivity index (χ1n) is 7.15. The Bertz CT molecular complexity index is 525. The number of hydrogen-bond donors (Lipinski definition) is 2. The molecule has 0 aromatic heterocycles. The van der Waals surface area contributed by atoms with Crippen molar-refractivity contribution in [1.82, 2.24) is 5.32 Å². The summed E-state index contributed by atoms with van der Waals surface area (Å²) in [7, 11) is 0. The lowest BCUT2D eigenvalue weighted by Crippen LogP contribution is -2.40. The quantitative estimate of drug-likeness (QED) is 0.885. The minimum Gasteiger partial charge on any atom is -0.375 e. The molecule has 1 aromatic carbocycles. The lowest BCUT2D eigenvalue weighted by Gasteiger charge is -2.23. The van der Waals surface area contributed by atoms with Gasteiger partial charge >= 0.3 is 0 Å². The van der Waals surface area contributed by atoms with E-state index in [-0.39, 0.29) is 12.0 Å². The van der Waals surface area contributed by atoms with Crippen LogP contribution in [-0.4, -0.2) is 31.7 Å². The minimum atomic E-state index is -0.524. The summed E-state index contributed by atoms with van der Waals surface area (Å²) in [4.78, 5) is 11.9. The Morgan fingerprint density at radius 1 is 1.48 bits per heavy atom. The smallest absolute Gasteiger partial charge is 0.227 e. The van der Waals surface area contributed by atoms with Crippen LogP contribution in [0, 0.1) is 11.3 Å². The third-order valence-electron chi connectivity index (χ3n) is 3.59. The molecule has 1 aliphatic heterocycles. The highest BCUT2D eigenvalue weighted by Gasteiger charge is 2.20. The van der Waals surface area contributed by atoms with E-state index in [4.69, 9.17) is 10.00 Å². The van der Waals surface area contributed by atoms with Crippen molar-refractivity contribution in [2.75, 3.05) is 25.0 Å². The average molecular weight is 287 g/mol. The molecule has 0 saturated carbocycles.